The number of alkyl carbamates (subject to hydrolysis) is 1. The summed E-state index contributed by atoms with van der Waals surface area (Å²) in [5, 5.41) is 6.30. The number of carbonyl (C=O) groups excluding carboxylic acids is 1. The molecular formula is C16H34N2O3. The zero-order valence-electron chi connectivity index (χ0n) is 15.0. The first-order valence-corrected chi connectivity index (χ1v) is 7.73. The Hall–Kier alpha value is -0.810. The molecule has 0 bridgehead atoms. The summed E-state index contributed by atoms with van der Waals surface area (Å²) in [6.07, 6.45) is 1.44. The fraction of sp³-hybridized carbons (Fsp3) is 0.938. The second-order valence-electron chi connectivity index (χ2n) is 7.36. The van der Waals surface area contributed by atoms with Crippen LogP contribution in [0.15, 0.2) is 0 Å². The van der Waals surface area contributed by atoms with Crippen molar-refractivity contribution < 1.29 is 14.3 Å². The lowest BCUT2D eigenvalue weighted by Crippen LogP contribution is -2.41. The maximum Gasteiger partial charge on any atom is 0.407 e. The molecule has 0 aromatic rings. The van der Waals surface area contributed by atoms with Gasteiger partial charge in [0.2, 0.25) is 0 Å². The highest BCUT2D eigenvalue weighted by atomic mass is 16.6. The van der Waals surface area contributed by atoms with Gasteiger partial charge in [0.1, 0.15) is 5.60 Å². The van der Waals surface area contributed by atoms with Crippen LogP contribution in [0.25, 0.3) is 0 Å². The second kappa shape index (κ2) is 8.59. The van der Waals surface area contributed by atoms with Gasteiger partial charge in [-0.3, -0.25) is 0 Å². The van der Waals surface area contributed by atoms with Crippen molar-refractivity contribution in [3.63, 3.8) is 0 Å². The Labute approximate surface area is 130 Å². The van der Waals surface area contributed by atoms with Crippen LogP contribution in [0.2, 0.25) is 0 Å². The Morgan fingerprint density at radius 3 is 2.14 bits per heavy atom. The van der Waals surface area contributed by atoms with Crippen LogP contribution in [0, 0.1) is 0 Å². The molecular weight excluding hydrogens is 268 g/mol. The summed E-state index contributed by atoms with van der Waals surface area (Å²) in [6, 6.07) is 0.448. The van der Waals surface area contributed by atoms with Crippen molar-refractivity contribution in [2.24, 2.45) is 0 Å². The van der Waals surface area contributed by atoms with E-state index >= 15 is 0 Å². The van der Waals surface area contributed by atoms with Crippen molar-refractivity contribution >= 4 is 6.09 Å². The number of amides is 1. The predicted molar refractivity (Wildman–Crippen MR) is 86.6 cm³/mol. The molecule has 0 saturated carbocycles. The highest BCUT2D eigenvalue weighted by molar-refractivity contribution is 5.67. The van der Waals surface area contributed by atoms with Crippen molar-refractivity contribution in [1.29, 1.82) is 0 Å². The van der Waals surface area contributed by atoms with Gasteiger partial charge >= 0.3 is 6.09 Å². The van der Waals surface area contributed by atoms with Crippen molar-refractivity contribution in [3.8, 4) is 0 Å². The van der Waals surface area contributed by atoms with Crippen molar-refractivity contribution in [3.05, 3.63) is 0 Å². The van der Waals surface area contributed by atoms with Crippen molar-refractivity contribution in [2.75, 3.05) is 13.7 Å². The third kappa shape index (κ3) is 11.5. The van der Waals surface area contributed by atoms with Gasteiger partial charge in [-0.1, -0.05) is 0 Å². The fourth-order valence-electron chi connectivity index (χ4n) is 2.02. The summed E-state index contributed by atoms with van der Waals surface area (Å²) in [5.41, 5.74) is -0.574. The molecule has 1 amide bonds. The molecule has 2 atom stereocenters. The Morgan fingerprint density at radius 2 is 1.67 bits per heavy atom. The highest BCUT2D eigenvalue weighted by Crippen LogP contribution is 2.15. The Balaban J connectivity index is 3.89. The monoisotopic (exact) mass is 302 g/mol. The minimum atomic E-state index is -0.456. The number of ether oxygens (including phenoxy) is 2. The molecule has 21 heavy (non-hydrogen) atoms. The van der Waals surface area contributed by atoms with E-state index in [1.54, 1.807) is 7.11 Å². The molecule has 0 aliphatic carbocycles. The molecule has 2 N–H and O–H groups in total. The fourth-order valence-corrected chi connectivity index (χ4v) is 2.02. The van der Waals surface area contributed by atoms with Crippen molar-refractivity contribution in [1.82, 2.24) is 10.6 Å². The molecule has 5 nitrogen and oxygen atoms in total. The minimum Gasteiger partial charge on any atom is -0.444 e. The normalized spacial score (nSPS) is 15.4. The van der Waals surface area contributed by atoms with Crippen LogP contribution in [-0.2, 0) is 9.47 Å². The summed E-state index contributed by atoms with van der Waals surface area (Å²) in [5.74, 6) is 0. The third-order valence-electron chi connectivity index (χ3n) is 3.18. The van der Waals surface area contributed by atoms with E-state index in [2.05, 4.69) is 31.4 Å². The molecule has 0 aliphatic rings. The van der Waals surface area contributed by atoms with Crippen LogP contribution in [0.4, 0.5) is 4.79 Å². The molecule has 5 heteroatoms. The number of hydrogen-bond donors (Lipinski definition) is 2. The van der Waals surface area contributed by atoms with Crippen LogP contribution in [0.5, 0.6) is 0 Å². The molecule has 0 saturated heterocycles. The molecule has 126 valence electrons. The highest BCUT2D eigenvalue weighted by Gasteiger charge is 2.20. The standard InChI is InChI=1S/C16H34N2O3/c1-12(18-14(19)21-15(3,4)5)9-10-17-13(2)11-16(6,7)20-8/h12-13,17H,9-11H2,1-8H3,(H,18,19). The van der Waals surface area contributed by atoms with E-state index < -0.39 is 5.60 Å². The van der Waals surface area contributed by atoms with Gasteiger partial charge in [-0.2, -0.15) is 0 Å². The van der Waals surface area contributed by atoms with Gasteiger partial charge in [0.25, 0.3) is 0 Å². The van der Waals surface area contributed by atoms with Gasteiger partial charge in [0, 0.05) is 19.2 Å². The summed E-state index contributed by atoms with van der Waals surface area (Å²) < 4.78 is 10.7. The van der Waals surface area contributed by atoms with E-state index in [-0.39, 0.29) is 17.7 Å². The van der Waals surface area contributed by atoms with Crippen molar-refractivity contribution in [2.45, 2.75) is 84.6 Å². The quantitative estimate of drug-likeness (QED) is 0.723. The lowest BCUT2D eigenvalue weighted by atomic mass is 10.00. The first-order chi connectivity index (χ1) is 9.45. The van der Waals surface area contributed by atoms with Crippen LogP contribution >= 0.6 is 0 Å². The summed E-state index contributed by atoms with van der Waals surface area (Å²) >= 11 is 0. The van der Waals surface area contributed by atoms with Gasteiger partial charge in [-0.25, -0.2) is 4.79 Å². The summed E-state index contributed by atoms with van der Waals surface area (Å²) in [6.45, 7) is 14.7. The second-order valence-corrected chi connectivity index (χ2v) is 7.36. The van der Waals surface area contributed by atoms with E-state index in [1.165, 1.54) is 0 Å². The number of carbonyl (C=O) groups is 1. The SMILES string of the molecule is COC(C)(C)CC(C)NCCC(C)NC(=O)OC(C)(C)C. The smallest absolute Gasteiger partial charge is 0.407 e. The van der Waals surface area contributed by atoms with E-state index in [0.29, 0.717) is 6.04 Å². The summed E-state index contributed by atoms with van der Waals surface area (Å²) in [4.78, 5) is 11.6. The Bertz CT molecular complexity index is 311. The molecule has 0 aliphatic heterocycles. The van der Waals surface area contributed by atoms with Crippen LogP contribution in [-0.4, -0.2) is 43.0 Å². The predicted octanol–water partition coefficient (Wildman–Crippen LogP) is 3.08. The number of methoxy groups -OCH3 is 1. The molecule has 0 fully saturated rings. The van der Waals surface area contributed by atoms with E-state index in [1.807, 2.05) is 27.7 Å². The molecule has 0 rings (SSSR count). The first kappa shape index (κ1) is 20.2. The zero-order valence-corrected chi connectivity index (χ0v) is 15.0. The Morgan fingerprint density at radius 1 is 1.10 bits per heavy atom. The topological polar surface area (TPSA) is 59.6 Å². The van der Waals surface area contributed by atoms with Crippen LogP contribution < -0.4 is 10.6 Å². The van der Waals surface area contributed by atoms with Crippen LogP contribution in [0.3, 0.4) is 0 Å². The molecule has 0 aromatic heterocycles. The average molecular weight is 302 g/mol. The van der Waals surface area contributed by atoms with Gasteiger partial charge < -0.3 is 20.1 Å². The van der Waals surface area contributed by atoms with Gasteiger partial charge in [-0.15, -0.1) is 0 Å². The maximum absolute atomic E-state index is 11.6. The lowest BCUT2D eigenvalue weighted by Gasteiger charge is -2.27. The first-order valence-electron chi connectivity index (χ1n) is 7.73. The summed E-state index contributed by atoms with van der Waals surface area (Å²) in [7, 11) is 1.74. The van der Waals surface area contributed by atoms with E-state index in [0.717, 1.165) is 19.4 Å². The number of nitrogens with one attached hydrogen (secondary N) is 2. The molecule has 0 radical (unpaired) electrons. The van der Waals surface area contributed by atoms with Gasteiger partial charge in [-0.05, 0) is 67.9 Å². The van der Waals surface area contributed by atoms with Gasteiger partial charge in [0.15, 0.2) is 0 Å². The molecule has 0 heterocycles. The maximum atomic E-state index is 11.6. The van der Waals surface area contributed by atoms with Gasteiger partial charge in [0.05, 0.1) is 5.60 Å². The Kier molecular flexibility index (Phi) is 8.26. The zero-order chi connectivity index (χ0) is 16.7. The minimum absolute atomic E-state index is 0.0787. The molecule has 0 aromatic carbocycles. The largest absolute Gasteiger partial charge is 0.444 e. The van der Waals surface area contributed by atoms with E-state index in [4.69, 9.17) is 9.47 Å². The third-order valence-corrected chi connectivity index (χ3v) is 3.18. The number of hydrogen-bond acceptors (Lipinski definition) is 4. The lowest BCUT2D eigenvalue weighted by molar-refractivity contribution is 0.00857. The number of rotatable bonds is 8. The molecule has 0 spiro atoms. The van der Waals surface area contributed by atoms with Crippen LogP contribution in [0.1, 0.15) is 61.3 Å². The van der Waals surface area contributed by atoms with E-state index in [9.17, 15) is 4.79 Å². The molecule has 2 unspecified atom stereocenters. The average Bonchev–Trinajstić information content (AvgIpc) is 2.25.